The van der Waals surface area contributed by atoms with Crippen molar-refractivity contribution in [2.45, 2.75) is 39.4 Å². The molecule has 2 atom stereocenters. The number of carbonyl (C=O) groups excluding carboxylic acids is 2. The number of imide groups is 1. The first-order valence-corrected chi connectivity index (χ1v) is 9.34. The SMILES string of the molecule is CCOc1ccc(N2C(=O)[C@H]3N=NN(Cc4cc(C)ccc4C)[C@H]3C2=O)cc1. The van der Waals surface area contributed by atoms with Crippen LogP contribution in [0.2, 0.25) is 0 Å². The Labute approximate surface area is 163 Å². The number of rotatable bonds is 5. The largest absolute Gasteiger partial charge is 0.494 e. The molecule has 2 aromatic rings. The lowest BCUT2D eigenvalue weighted by atomic mass is 10.0. The number of anilines is 1. The third-order valence-corrected chi connectivity index (χ3v) is 5.10. The molecule has 0 bridgehead atoms. The summed E-state index contributed by atoms with van der Waals surface area (Å²) in [6.45, 7) is 6.94. The Morgan fingerprint density at radius 2 is 1.79 bits per heavy atom. The highest BCUT2D eigenvalue weighted by molar-refractivity contribution is 6.25. The maximum Gasteiger partial charge on any atom is 0.263 e. The van der Waals surface area contributed by atoms with Gasteiger partial charge in [-0.05, 0) is 56.2 Å². The molecule has 0 aromatic heterocycles. The van der Waals surface area contributed by atoms with Crippen molar-refractivity contribution < 1.29 is 14.3 Å². The van der Waals surface area contributed by atoms with Crippen LogP contribution in [0.25, 0.3) is 0 Å². The van der Waals surface area contributed by atoms with Crippen molar-refractivity contribution in [1.82, 2.24) is 5.01 Å². The molecular formula is C21H22N4O3. The zero-order valence-corrected chi connectivity index (χ0v) is 16.1. The highest BCUT2D eigenvalue weighted by Crippen LogP contribution is 2.33. The molecular weight excluding hydrogens is 356 g/mol. The highest BCUT2D eigenvalue weighted by atomic mass is 16.5. The van der Waals surface area contributed by atoms with Crippen LogP contribution in [0.5, 0.6) is 5.75 Å². The minimum atomic E-state index is -0.788. The van der Waals surface area contributed by atoms with Crippen LogP contribution in [0, 0.1) is 13.8 Å². The van der Waals surface area contributed by atoms with E-state index in [2.05, 4.69) is 16.4 Å². The molecule has 0 radical (unpaired) electrons. The van der Waals surface area contributed by atoms with E-state index in [1.165, 1.54) is 4.90 Å². The first kappa shape index (κ1) is 18.2. The first-order chi connectivity index (χ1) is 13.5. The molecule has 28 heavy (non-hydrogen) atoms. The molecule has 0 aliphatic carbocycles. The van der Waals surface area contributed by atoms with Crippen LogP contribution in [0.1, 0.15) is 23.6 Å². The molecule has 2 amide bonds. The summed E-state index contributed by atoms with van der Waals surface area (Å²) in [5.41, 5.74) is 3.84. The van der Waals surface area contributed by atoms with Crippen molar-refractivity contribution in [3.63, 3.8) is 0 Å². The minimum absolute atomic E-state index is 0.297. The average molecular weight is 378 g/mol. The molecule has 0 saturated carbocycles. The lowest BCUT2D eigenvalue weighted by molar-refractivity contribution is -0.123. The fourth-order valence-electron chi connectivity index (χ4n) is 3.61. The van der Waals surface area contributed by atoms with Gasteiger partial charge in [0.15, 0.2) is 12.1 Å². The molecule has 144 valence electrons. The smallest absolute Gasteiger partial charge is 0.263 e. The Morgan fingerprint density at radius 3 is 2.50 bits per heavy atom. The number of nitrogens with zero attached hydrogens (tertiary/aromatic N) is 4. The number of fused-ring (bicyclic) bond motifs is 1. The van der Waals surface area contributed by atoms with Crippen LogP contribution in [0.4, 0.5) is 5.69 Å². The van der Waals surface area contributed by atoms with Gasteiger partial charge in [0.1, 0.15) is 5.75 Å². The summed E-state index contributed by atoms with van der Waals surface area (Å²) in [6.07, 6.45) is 0. The van der Waals surface area contributed by atoms with Crippen LogP contribution >= 0.6 is 0 Å². The van der Waals surface area contributed by atoms with Gasteiger partial charge in [-0.2, -0.15) is 5.11 Å². The summed E-state index contributed by atoms with van der Waals surface area (Å²) in [5.74, 6) is 0.0580. The quantitative estimate of drug-likeness (QED) is 0.749. The second-order valence-electron chi connectivity index (χ2n) is 7.06. The summed E-state index contributed by atoms with van der Waals surface area (Å²) in [7, 11) is 0. The molecule has 1 fully saturated rings. The average Bonchev–Trinajstić information content (AvgIpc) is 3.20. The highest BCUT2D eigenvalue weighted by Gasteiger charge is 2.54. The van der Waals surface area contributed by atoms with Gasteiger partial charge in [-0.15, -0.1) is 0 Å². The number of benzene rings is 2. The Kier molecular flexibility index (Phi) is 4.58. The van der Waals surface area contributed by atoms with E-state index in [0.29, 0.717) is 24.6 Å². The minimum Gasteiger partial charge on any atom is -0.494 e. The molecule has 2 aromatic carbocycles. The van der Waals surface area contributed by atoms with E-state index >= 15 is 0 Å². The second kappa shape index (κ2) is 7.07. The van der Waals surface area contributed by atoms with Gasteiger partial charge < -0.3 is 4.74 Å². The van der Waals surface area contributed by atoms with Gasteiger partial charge in [0, 0.05) is 0 Å². The third-order valence-electron chi connectivity index (χ3n) is 5.10. The van der Waals surface area contributed by atoms with Crippen LogP contribution in [-0.4, -0.2) is 35.5 Å². The number of aryl methyl sites for hydroxylation is 2. The maximum absolute atomic E-state index is 13.1. The Morgan fingerprint density at radius 1 is 1.04 bits per heavy atom. The summed E-state index contributed by atoms with van der Waals surface area (Å²) in [6, 6.07) is 11.6. The third kappa shape index (κ3) is 3.02. The van der Waals surface area contributed by atoms with Crippen LogP contribution in [-0.2, 0) is 16.1 Å². The van der Waals surface area contributed by atoms with E-state index in [1.54, 1.807) is 29.3 Å². The van der Waals surface area contributed by atoms with Gasteiger partial charge in [-0.3, -0.25) is 14.6 Å². The Bertz CT molecular complexity index is 955. The monoisotopic (exact) mass is 378 g/mol. The van der Waals surface area contributed by atoms with Crippen molar-refractivity contribution in [3.8, 4) is 5.75 Å². The Balaban J connectivity index is 1.57. The molecule has 1 saturated heterocycles. The number of ether oxygens (including phenoxy) is 1. The summed E-state index contributed by atoms with van der Waals surface area (Å²) < 4.78 is 5.43. The number of hydrogen-bond donors (Lipinski definition) is 0. The zero-order chi connectivity index (χ0) is 19.8. The topological polar surface area (TPSA) is 74.6 Å². The molecule has 7 nitrogen and oxygen atoms in total. The summed E-state index contributed by atoms with van der Waals surface area (Å²) in [5, 5.41) is 9.85. The standard InChI is InChI=1S/C21H22N4O3/c1-4-28-17-9-7-16(8-10-17)25-20(26)18-19(21(25)27)24(23-22-18)12-15-11-13(2)5-6-14(15)3/h5-11,18-19H,4,12H2,1-3H3/t18-,19+/m0/s1. The number of hydrogen-bond acceptors (Lipinski definition) is 6. The van der Waals surface area contributed by atoms with Crippen molar-refractivity contribution in [1.29, 1.82) is 0 Å². The summed E-state index contributed by atoms with van der Waals surface area (Å²) in [4.78, 5) is 27.1. The van der Waals surface area contributed by atoms with Gasteiger partial charge in [-0.1, -0.05) is 29.0 Å². The number of amides is 2. The predicted octanol–water partition coefficient (Wildman–Crippen LogP) is 3.20. The first-order valence-electron chi connectivity index (χ1n) is 9.34. The molecule has 0 N–H and O–H groups in total. The molecule has 2 aliphatic rings. The maximum atomic E-state index is 13.1. The molecule has 7 heteroatoms. The van der Waals surface area contributed by atoms with E-state index in [0.717, 1.165) is 16.7 Å². The zero-order valence-electron chi connectivity index (χ0n) is 16.1. The lowest BCUT2D eigenvalue weighted by Gasteiger charge is -2.21. The molecule has 0 unspecified atom stereocenters. The van der Waals surface area contributed by atoms with Crippen molar-refractivity contribution >= 4 is 17.5 Å². The predicted molar refractivity (Wildman–Crippen MR) is 104 cm³/mol. The van der Waals surface area contributed by atoms with Crippen molar-refractivity contribution in [2.24, 2.45) is 10.3 Å². The van der Waals surface area contributed by atoms with Crippen LogP contribution in [0.3, 0.4) is 0 Å². The van der Waals surface area contributed by atoms with Gasteiger partial charge in [0.25, 0.3) is 11.8 Å². The molecule has 4 rings (SSSR count). The summed E-state index contributed by atoms with van der Waals surface area (Å²) >= 11 is 0. The van der Waals surface area contributed by atoms with Crippen molar-refractivity contribution in [2.75, 3.05) is 11.5 Å². The van der Waals surface area contributed by atoms with E-state index in [1.807, 2.05) is 32.9 Å². The molecule has 2 heterocycles. The van der Waals surface area contributed by atoms with Crippen LogP contribution in [0.15, 0.2) is 52.8 Å². The van der Waals surface area contributed by atoms with Gasteiger partial charge in [-0.25, -0.2) is 4.90 Å². The fraction of sp³-hybridized carbons (Fsp3) is 0.333. The fourth-order valence-corrected chi connectivity index (χ4v) is 3.61. The van der Waals surface area contributed by atoms with Gasteiger partial charge in [0.05, 0.1) is 18.8 Å². The molecule has 2 aliphatic heterocycles. The Hall–Kier alpha value is -3.22. The van der Waals surface area contributed by atoms with Gasteiger partial charge >= 0.3 is 0 Å². The van der Waals surface area contributed by atoms with E-state index in [-0.39, 0.29) is 11.8 Å². The second-order valence-corrected chi connectivity index (χ2v) is 7.06. The van der Waals surface area contributed by atoms with E-state index in [9.17, 15) is 9.59 Å². The molecule has 0 spiro atoms. The van der Waals surface area contributed by atoms with E-state index < -0.39 is 12.1 Å². The normalized spacial score (nSPS) is 20.8. The van der Waals surface area contributed by atoms with E-state index in [4.69, 9.17) is 4.74 Å². The number of carbonyl (C=O) groups is 2. The lowest BCUT2D eigenvalue weighted by Crippen LogP contribution is -2.39. The van der Waals surface area contributed by atoms with Crippen molar-refractivity contribution in [3.05, 3.63) is 59.2 Å². The van der Waals surface area contributed by atoms with Gasteiger partial charge in [0.2, 0.25) is 0 Å². The van der Waals surface area contributed by atoms with Crippen LogP contribution < -0.4 is 9.64 Å².